The van der Waals surface area contributed by atoms with Gasteiger partial charge < -0.3 is 5.11 Å². The number of carboxylic acid groups (broad SMARTS) is 1. The maximum absolute atomic E-state index is 13.6. The lowest BCUT2D eigenvalue weighted by Gasteiger charge is -2.11. The van der Waals surface area contributed by atoms with Crippen molar-refractivity contribution in [3.8, 4) is 0 Å². The third-order valence-electron chi connectivity index (χ3n) is 2.91. The van der Waals surface area contributed by atoms with Crippen LogP contribution in [-0.2, 0) is 11.2 Å². The first-order valence-electron chi connectivity index (χ1n) is 5.27. The number of aliphatic carboxylic acids is 1. The molecule has 2 rings (SSSR count). The van der Waals surface area contributed by atoms with Crippen LogP contribution in [0.5, 0.6) is 0 Å². The third kappa shape index (κ3) is 1.98. The number of benzene rings is 1. The second-order valence-corrected chi connectivity index (χ2v) is 4.01. The van der Waals surface area contributed by atoms with E-state index in [0.717, 1.165) is 5.56 Å². The molecule has 0 saturated heterocycles. The maximum atomic E-state index is 13.6. The first kappa shape index (κ1) is 11.5. The van der Waals surface area contributed by atoms with Crippen molar-refractivity contribution in [1.82, 2.24) is 4.98 Å². The van der Waals surface area contributed by atoms with Crippen molar-refractivity contribution in [2.24, 2.45) is 0 Å². The van der Waals surface area contributed by atoms with Gasteiger partial charge >= 0.3 is 5.97 Å². The van der Waals surface area contributed by atoms with E-state index in [4.69, 9.17) is 5.11 Å². The zero-order valence-corrected chi connectivity index (χ0v) is 9.62. The molecule has 0 radical (unpaired) electrons. The standard InChI is InChI=1S/C13H12FNO2/c1-7-8(2)15-13-9(4-3-5-11(13)14)10(7)6-12(16)17/h3-5H,6H2,1-2H3,(H,16,17). The third-order valence-corrected chi connectivity index (χ3v) is 2.91. The van der Waals surface area contributed by atoms with Gasteiger partial charge in [-0.2, -0.15) is 0 Å². The molecule has 0 spiro atoms. The Balaban J connectivity index is 2.82. The predicted molar refractivity (Wildman–Crippen MR) is 62.5 cm³/mol. The minimum atomic E-state index is -0.927. The van der Waals surface area contributed by atoms with Gasteiger partial charge in [-0.15, -0.1) is 0 Å². The van der Waals surface area contributed by atoms with Crippen LogP contribution in [0, 0.1) is 19.7 Å². The number of carboxylic acids is 1. The number of nitrogens with zero attached hydrogens (tertiary/aromatic N) is 1. The fraction of sp³-hybridized carbons (Fsp3) is 0.231. The molecule has 88 valence electrons. The Hall–Kier alpha value is -1.97. The zero-order valence-electron chi connectivity index (χ0n) is 9.62. The van der Waals surface area contributed by atoms with E-state index in [-0.39, 0.29) is 11.9 Å². The number of aryl methyl sites for hydroxylation is 1. The van der Waals surface area contributed by atoms with E-state index < -0.39 is 11.8 Å². The molecule has 0 aliphatic heterocycles. The molecule has 4 heteroatoms. The summed E-state index contributed by atoms with van der Waals surface area (Å²) in [6.45, 7) is 3.57. The SMILES string of the molecule is Cc1nc2c(F)cccc2c(CC(=O)O)c1C. The normalized spacial score (nSPS) is 10.8. The van der Waals surface area contributed by atoms with Crippen LogP contribution in [0.1, 0.15) is 16.8 Å². The fourth-order valence-electron chi connectivity index (χ4n) is 1.92. The van der Waals surface area contributed by atoms with E-state index in [0.29, 0.717) is 16.6 Å². The van der Waals surface area contributed by atoms with Gasteiger partial charge in [-0.05, 0) is 31.0 Å². The van der Waals surface area contributed by atoms with Gasteiger partial charge in [-0.3, -0.25) is 4.79 Å². The van der Waals surface area contributed by atoms with Crippen LogP contribution >= 0.6 is 0 Å². The first-order chi connectivity index (χ1) is 8.00. The van der Waals surface area contributed by atoms with Crippen molar-refractivity contribution < 1.29 is 14.3 Å². The van der Waals surface area contributed by atoms with Crippen molar-refractivity contribution in [3.05, 3.63) is 40.8 Å². The number of fused-ring (bicyclic) bond motifs is 1. The minimum Gasteiger partial charge on any atom is -0.481 e. The summed E-state index contributed by atoms with van der Waals surface area (Å²) in [4.78, 5) is 15.0. The van der Waals surface area contributed by atoms with Crippen molar-refractivity contribution in [2.45, 2.75) is 20.3 Å². The molecule has 0 unspecified atom stereocenters. The predicted octanol–water partition coefficient (Wildman–Crippen LogP) is 2.62. The summed E-state index contributed by atoms with van der Waals surface area (Å²) in [6, 6.07) is 4.60. The number of pyridine rings is 1. The lowest BCUT2D eigenvalue weighted by molar-refractivity contribution is -0.136. The van der Waals surface area contributed by atoms with Crippen molar-refractivity contribution in [2.75, 3.05) is 0 Å². The molecule has 0 saturated carbocycles. The summed E-state index contributed by atoms with van der Waals surface area (Å²) < 4.78 is 13.6. The molecule has 1 aromatic heterocycles. The molecule has 17 heavy (non-hydrogen) atoms. The van der Waals surface area contributed by atoms with Gasteiger partial charge in [0.1, 0.15) is 11.3 Å². The van der Waals surface area contributed by atoms with Crippen molar-refractivity contribution in [3.63, 3.8) is 0 Å². The van der Waals surface area contributed by atoms with Gasteiger partial charge in [0.25, 0.3) is 0 Å². The Bertz CT molecular complexity index is 608. The summed E-state index contributed by atoms with van der Waals surface area (Å²) in [7, 11) is 0. The van der Waals surface area contributed by atoms with Gasteiger partial charge in [0.15, 0.2) is 0 Å². The van der Waals surface area contributed by atoms with Crippen LogP contribution in [0.2, 0.25) is 0 Å². The zero-order chi connectivity index (χ0) is 12.6. The summed E-state index contributed by atoms with van der Waals surface area (Å²) >= 11 is 0. The highest BCUT2D eigenvalue weighted by molar-refractivity contribution is 5.87. The van der Waals surface area contributed by atoms with Gasteiger partial charge in [-0.25, -0.2) is 9.37 Å². The van der Waals surface area contributed by atoms with Crippen molar-refractivity contribution in [1.29, 1.82) is 0 Å². The number of hydrogen-bond donors (Lipinski definition) is 1. The summed E-state index contributed by atoms with van der Waals surface area (Å²) in [5, 5.41) is 9.48. The number of carbonyl (C=O) groups is 1. The average Bonchev–Trinajstić information content (AvgIpc) is 2.26. The summed E-state index contributed by atoms with van der Waals surface area (Å²) in [5.74, 6) is -1.35. The van der Waals surface area contributed by atoms with E-state index in [1.54, 1.807) is 19.1 Å². The van der Waals surface area contributed by atoms with Gasteiger partial charge in [0.05, 0.1) is 6.42 Å². The molecule has 0 fully saturated rings. The van der Waals surface area contributed by atoms with Crippen LogP contribution in [0.25, 0.3) is 10.9 Å². The average molecular weight is 233 g/mol. The van der Waals surface area contributed by atoms with Crippen LogP contribution in [-0.4, -0.2) is 16.1 Å². The van der Waals surface area contributed by atoms with Gasteiger partial charge in [0.2, 0.25) is 0 Å². The van der Waals surface area contributed by atoms with Crippen LogP contribution in [0.15, 0.2) is 18.2 Å². The second kappa shape index (κ2) is 4.13. The topological polar surface area (TPSA) is 50.2 Å². The largest absolute Gasteiger partial charge is 0.481 e. The minimum absolute atomic E-state index is 0.116. The molecule has 0 aliphatic rings. The molecule has 3 nitrogen and oxygen atoms in total. The molecular formula is C13H12FNO2. The Kier molecular flexibility index (Phi) is 2.79. The second-order valence-electron chi connectivity index (χ2n) is 4.01. The molecule has 0 bridgehead atoms. The monoisotopic (exact) mass is 233 g/mol. The van der Waals surface area contributed by atoms with E-state index >= 15 is 0 Å². The molecule has 0 aliphatic carbocycles. The van der Waals surface area contributed by atoms with Crippen molar-refractivity contribution >= 4 is 16.9 Å². The number of para-hydroxylation sites is 1. The lowest BCUT2D eigenvalue weighted by Crippen LogP contribution is -2.06. The van der Waals surface area contributed by atoms with Crippen LogP contribution in [0.4, 0.5) is 4.39 Å². The highest BCUT2D eigenvalue weighted by Gasteiger charge is 2.14. The number of rotatable bonds is 2. The molecule has 2 aromatic rings. The van der Waals surface area contributed by atoms with E-state index in [9.17, 15) is 9.18 Å². The highest BCUT2D eigenvalue weighted by atomic mass is 19.1. The highest BCUT2D eigenvalue weighted by Crippen LogP contribution is 2.25. The molecule has 0 amide bonds. The molecule has 1 N–H and O–H groups in total. The first-order valence-corrected chi connectivity index (χ1v) is 5.27. The van der Waals surface area contributed by atoms with E-state index in [1.807, 2.05) is 6.92 Å². The Morgan fingerprint density at radius 2 is 2.12 bits per heavy atom. The summed E-state index contributed by atoms with van der Waals surface area (Å²) in [5.41, 5.74) is 2.36. The lowest BCUT2D eigenvalue weighted by atomic mass is 9.99. The molecule has 0 atom stereocenters. The molecule has 1 aromatic carbocycles. The fourth-order valence-corrected chi connectivity index (χ4v) is 1.92. The van der Waals surface area contributed by atoms with Gasteiger partial charge in [-0.1, -0.05) is 12.1 Å². The van der Waals surface area contributed by atoms with Crippen LogP contribution < -0.4 is 0 Å². The van der Waals surface area contributed by atoms with E-state index in [2.05, 4.69) is 4.98 Å². The molecule has 1 heterocycles. The number of aromatic nitrogens is 1. The quantitative estimate of drug-likeness (QED) is 0.867. The van der Waals surface area contributed by atoms with Crippen LogP contribution in [0.3, 0.4) is 0 Å². The smallest absolute Gasteiger partial charge is 0.307 e. The maximum Gasteiger partial charge on any atom is 0.307 e. The Morgan fingerprint density at radius 3 is 2.76 bits per heavy atom. The van der Waals surface area contributed by atoms with E-state index in [1.165, 1.54) is 6.07 Å². The Morgan fingerprint density at radius 1 is 1.41 bits per heavy atom. The molecular weight excluding hydrogens is 221 g/mol. The number of hydrogen-bond acceptors (Lipinski definition) is 2. The number of halogens is 1. The Labute approximate surface area is 97.9 Å². The summed E-state index contributed by atoms with van der Waals surface area (Å²) in [6.07, 6.45) is -0.116. The van der Waals surface area contributed by atoms with Gasteiger partial charge in [0, 0.05) is 11.1 Å².